The SMILES string of the molecule is O=C(CSc1ccc(F)cc1)NC1c2ccccc2-c2ccccc21. The number of halogens is 1. The fraction of sp³-hybridized carbons (Fsp3) is 0.0952. The molecule has 0 unspecified atom stereocenters. The average molecular weight is 349 g/mol. The Morgan fingerprint density at radius 2 is 1.44 bits per heavy atom. The van der Waals surface area contributed by atoms with Gasteiger partial charge in [0.05, 0.1) is 11.8 Å². The summed E-state index contributed by atoms with van der Waals surface area (Å²) in [5.41, 5.74) is 4.61. The van der Waals surface area contributed by atoms with E-state index in [0.29, 0.717) is 5.75 Å². The Morgan fingerprint density at radius 1 is 0.880 bits per heavy atom. The van der Waals surface area contributed by atoms with Gasteiger partial charge in [0.15, 0.2) is 0 Å². The second kappa shape index (κ2) is 6.73. The molecule has 1 N–H and O–H groups in total. The van der Waals surface area contributed by atoms with Gasteiger partial charge >= 0.3 is 0 Å². The lowest BCUT2D eigenvalue weighted by Crippen LogP contribution is -2.29. The largest absolute Gasteiger partial charge is 0.344 e. The third kappa shape index (κ3) is 3.17. The lowest BCUT2D eigenvalue weighted by Gasteiger charge is -2.15. The van der Waals surface area contributed by atoms with Gasteiger partial charge < -0.3 is 5.32 Å². The first-order valence-electron chi connectivity index (χ1n) is 8.08. The number of carbonyl (C=O) groups excluding carboxylic acids is 1. The molecule has 4 heteroatoms. The molecule has 0 bridgehead atoms. The van der Waals surface area contributed by atoms with Crippen molar-refractivity contribution in [2.45, 2.75) is 10.9 Å². The van der Waals surface area contributed by atoms with Crippen LogP contribution in [0.15, 0.2) is 77.7 Å². The number of hydrogen-bond acceptors (Lipinski definition) is 2. The van der Waals surface area contributed by atoms with E-state index in [1.807, 2.05) is 24.3 Å². The van der Waals surface area contributed by atoms with Crippen LogP contribution in [0.3, 0.4) is 0 Å². The van der Waals surface area contributed by atoms with Crippen LogP contribution >= 0.6 is 11.8 Å². The summed E-state index contributed by atoms with van der Waals surface area (Å²) in [5.74, 6) is -0.00858. The predicted molar refractivity (Wildman–Crippen MR) is 99.0 cm³/mol. The maximum absolute atomic E-state index is 12.9. The summed E-state index contributed by atoms with van der Waals surface area (Å²) in [4.78, 5) is 13.3. The summed E-state index contributed by atoms with van der Waals surface area (Å²) in [5, 5.41) is 3.14. The molecule has 3 aromatic rings. The number of hydrogen-bond donors (Lipinski definition) is 1. The molecule has 4 rings (SSSR count). The minimum atomic E-state index is -0.270. The third-order valence-corrected chi connectivity index (χ3v) is 5.33. The summed E-state index contributed by atoms with van der Waals surface area (Å²) in [6, 6.07) is 22.4. The molecular weight excluding hydrogens is 333 g/mol. The number of fused-ring (bicyclic) bond motifs is 3. The van der Waals surface area contributed by atoms with Gasteiger partial charge in [0.1, 0.15) is 5.82 Å². The standard InChI is InChI=1S/C21H16FNOS/c22-14-9-11-15(12-10-14)25-13-20(24)23-21-18-7-3-1-5-16(18)17-6-2-4-8-19(17)21/h1-12,21H,13H2,(H,23,24). The molecule has 0 spiro atoms. The molecule has 3 aromatic carbocycles. The van der Waals surface area contributed by atoms with Crippen molar-refractivity contribution in [3.05, 3.63) is 89.7 Å². The van der Waals surface area contributed by atoms with Crippen molar-refractivity contribution in [2.75, 3.05) is 5.75 Å². The molecule has 0 saturated heterocycles. The second-order valence-corrected chi connectivity index (χ2v) is 6.97. The van der Waals surface area contributed by atoms with Gasteiger partial charge in [-0.05, 0) is 46.5 Å². The molecule has 0 fully saturated rings. The van der Waals surface area contributed by atoms with Crippen LogP contribution in [-0.4, -0.2) is 11.7 Å². The monoisotopic (exact) mass is 349 g/mol. The molecule has 0 saturated carbocycles. The van der Waals surface area contributed by atoms with Crippen LogP contribution in [0.25, 0.3) is 11.1 Å². The predicted octanol–water partition coefficient (Wildman–Crippen LogP) is 4.80. The Kier molecular flexibility index (Phi) is 4.28. The molecule has 124 valence electrons. The zero-order valence-electron chi connectivity index (χ0n) is 13.4. The number of nitrogens with one attached hydrogen (secondary N) is 1. The van der Waals surface area contributed by atoms with E-state index in [1.165, 1.54) is 35.0 Å². The van der Waals surface area contributed by atoms with Crippen LogP contribution in [-0.2, 0) is 4.79 Å². The van der Waals surface area contributed by atoms with Gasteiger partial charge in [0, 0.05) is 4.90 Å². The molecule has 1 aliphatic rings. The van der Waals surface area contributed by atoms with Crippen molar-refractivity contribution >= 4 is 17.7 Å². The first kappa shape index (κ1) is 15.9. The fourth-order valence-electron chi connectivity index (χ4n) is 3.19. The van der Waals surface area contributed by atoms with Gasteiger partial charge in [-0.25, -0.2) is 4.39 Å². The van der Waals surface area contributed by atoms with Gasteiger partial charge in [-0.3, -0.25) is 4.79 Å². The quantitative estimate of drug-likeness (QED) is 0.685. The molecule has 25 heavy (non-hydrogen) atoms. The highest BCUT2D eigenvalue weighted by atomic mass is 32.2. The zero-order valence-corrected chi connectivity index (χ0v) is 14.2. The molecular formula is C21H16FNOS. The first-order valence-corrected chi connectivity index (χ1v) is 9.07. The molecule has 2 nitrogen and oxygen atoms in total. The van der Waals surface area contributed by atoms with Crippen molar-refractivity contribution in [3.8, 4) is 11.1 Å². The Morgan fingerprint density at radius 3 is 2.04 bits per heavy atom. The topological polar surface area (TPSA) is 29.1 Å². The van der Waals surface area contributed by atoms with E-state index in [4.69, 9.17) is 0 Å². The summed E-state index contributed by atoms with van der Waals surface area (Å²) >= 11 is 1.40. The molecule has 0 heterocycles. The zero-order chi connectivity index (χ0) is 17.2. The minimum Gasteiger partial charge on any atom is -0.344 e. The highest BCUT2D eigenvalue weighted by Gasteiger charge is 2.28. The van der Waals surface area contributed by atoms with E-state index in [0.717, 1.165) is 16.0 Å². The Labute approximate surface area is 150 Å². The molecule has 0 aliphatic heterocycles. The number of amides is 1. The molecule has 0 aromatic heterocycles. The van der Waals surface area contributed by atoms with Crippen molar-refractivity contribution in [1.29, 1.82) is 0 Å². The van der Waals surface area contributed by atoms with Crippen molar-refractivity contribution in [3.63, 3.8) is 0 Å². The van der Waals surface area contributed by atoms with Gasteiger partial charge in [0.25, 0.3) is 0 Å². The normalized spacial score (nSPS) is 12.5. The number of carbonyl (C=O) groups is 1. The van der Waals surface area contributed by atoms with Gasteiger partial charge in [-0.2, -0.15) is 0 Å². The fourth-order valence-corrected chi connectivity index (χ4v) is 3.90. The van der Waals surface area contributed by atoms with Crippen LogP contribution in [0.2, 0.25) is 0 Å². The molecule has 1 amide bonds. The number of benzene rings is 3. The Balaban J connectivity index is 1.50. The van der Waals surface area contributed by atoms with E-state index < -0.39 is 0 Å². The maximum atomic E-state index is 12.9. The van der Waals surface area contributed by atoms with Crippen molar-refractivity contribution in [1.82, 2.24) is 5.32 Å². The van der Waals surface area contributed by atoms with Crippen molar-refractivity contribution in [2.24, 2.45) is 0 Å². The van der Waals surface area contributed by atoms with Crippen LogP contribution in [0.1, 0.15) is 17.2 Å². The van der Waals surface area contributed by atoms with Crippen LogP contribution in [0.4, 0.5) is 4.39 Å². The van der Waals surface area contributed by atoms with E-state index in [2.05, 4.69) is 29.6 Å². The first-order chi connectivity index (χ1) is 12.2. The van der Waals surface area contributed by atoms with Gasteiger partial charge in [0.2, 0.25) is 5.91 Å². The summed E-state index contributed by atoms with van der Waals surface area (Å²) < 4.78 is 12.9. The summed E-state index contributed by atoms with van der Waals surface area (Å²) in [6.07, 6.45) is 0. The summed E-state index contributed by atoms with van der Waals surface area (Å²) in [6.45, 7) is 0. The van der Waals surface area contributed by atoms with E-state index in [-0.39, 0.29) is 17.8 Å². The maximum Gasteiger partial charge on any atom is 0.231 e. The highest BCUT2D eigenvalue weighted by Crippen LogP contribution is 2.43. The van der Waals surface area contributed by atoms with Gasteiger partial charge in [-0.1, -0.05) is 48.5 Å². The second-order valence-electron chi connectivity index (χ2n) is 5.92. The van der Waals surface area contributed by atoms with E-state index >= 15 is 0 Å². The van der Waals surface area contributed by atoms with Crippen LogP contribution in [0, 0.1) is 5.82 Å². The minimum absolute atomic E-state index is 0.0363. The smallest absolute Gasteiger partial charge is 0.231 e. The van der Waals surface area contributed by atoms with Crippen molar-refractivity contribution < 1.29 is 9.18 Å². The lowest BCUT2D eigenvalue weighted by atomic mass is 10.1. The van der Waals surface area contributed by atoms with E-state index in [1.54, 1.807) is 12.1 Å². The van der Waals surface area contributed by atoms with Crippen LogP contribution in [0.5, 0.6) is 0 Å². The molecule has 1 aliphatic carbocycles. The lowest BCUT2D eigenvalue weighted by molar-refractivity contribution is -0.119. The summed E-state index contributed by atoms with van der Waals surface area (Å²) in [7, 11) is 0. The highest BCUT2D eigenvalue weighted by molar-refractivity contribution is 8.00. The molecule has 0 atom stereocenters. The van der Waals surface area contributed by atoms with E-state index in [9.17, 15) is 9.18 Å². The van der Waals surface area contributed by atoms with Crippen LogP contribution < -0.4 is 5.32 Å². The number of rotatable bonds is 4. The Hall–Kier alpha value is -2.59. The van der Waals surface area contributed by atoms with Gasteiger partial charge in [-0.15, -0.1) is 11.8 Å². The average Bonchev–Trinajstić information content (AvgIpc) is 2.96. The number of thioether (sulfide) groups is 1. The molecule has 0 radical (unpaired) electrons. The third-order valence-electron chi connectivity index (χ3n) is 4.32. The Bertz CT molecular complexity index is 878.